The number of aliphatic hydroxyl groups excluding tert-OH is 1. The Morgan fingerprint density at radius 3 is 2.28 bits per heavy atom. The van der Waals surface area contributed by atoms with Gasteiger partial charge in [-0.3, -0.25) is 4.79 Å². The lowest BCUT2D eigenvalue weighted by Gasteiger charge is -2.50. The average molecular weight is 759 g/mol. The van der Waals surface area contributed by atoms with Crippen LogP contribution in [-0.4, -0.2) is 87.6 Å². The van der Waals surface area contributed by atoms with Gasteiger partial charge in [0.05, 0.1) is 19.8 Å². The van der Waals surface area contributed by atoms with Gasteiger partial charge in [0.25, 0.3) is 0 Å². The molecule has 2 aromatic rings. The second-order valence-corrected chi connectivity index (χ2v) is 21.1. The van der Waals surface area contributed by atoms with E-state index >= 15 is 0 Å². The zero-order valence-electron chi connectivity index (χ0n) is 32.9. The van der Waals surface area contributed by atoms with Crippen LogP contribution in [0.5, 0.6) is 0 Å². The standard InChI is InChI=1S/C41H62O11Si/c1-9-10-11-12-19-24-32(43)47-36-35(44-26-28-20-15-13-16-21-28)33-31(27-45-37(48-33)29-22-17-14-18-23-29)46-38(36)49-39(52-53(7,8)40(2,3)4)34-30(25-42)50-41(5,6)51-34/h13-18,20-23,30-31,33-39,42H,9-12,19,24-27H2,1-8H3/t30-,31+,33+,34-,35-,36-,37?,38-,39?/m0/s1. The minimum Gasteiger partial charge on any atom is -0.454 e. The molecule has 53 heavy (non-hydrogen) atoms. The first-order chi connectivity index (χ1) is 25.2. The first-order valence-corrected chi connectivity index (χ1v) is 22.2. The highest BCUT2D eigenvalue weighted by Gasteiger charge is 2.56. The molecule has 0 aromatic heterocycles. The van der Waals surface area contributed by atoms with Gasteiger partial charge >= 0.3 is 5.97 Å². The maximum atomic E-state index is 13.7. The molecule has 2 unspecified atom stereocenters. The van der Waals surface area contributed by atoms with Crippen LogP contribution in [0, 0.1) is 0 Å². The Hall–Kier alpha value is -2.23. The summed E-state index contributed by atoms with van der Waals surface area (Å²) in [7, 11) is -2.54. The molecule has 0 saturated carbocycles. The molecule has 1 N–H and O–H groups in total. The van der Waals surface area contributed by atoms with Crippen LogP contribution in [-0.2, 0) is 53.7 Å². The van der Waals surface area contributed by atoms with Crippen molar-refractivity contribution in [3.63, 3.8) is 0 Å². The number of carbonyl (C=O) groups is 1. The van der Waals surface area contributed by atoms with E-state index in [4.69, 9.17) is 42.3 Å². The van der Waals surface area contributed by atoms with Gasteiger partial charge in [0, 0.05) is 12.0 Å². The summed E-state index contributed by atoms with van der Waals surface area (Å²) in [6.07, 6.45) is -2.44. The average Bonchev–Trinajstić information content (AvgIpc) is 3.45. The number of ether oxygens (including phenoxy) is 8. The highest BCUT2D eigenvalue weighted by Crippen LogP contribution is 2.42. The molecule has 0 bridgehead atoms. The summed E-state index contributed by atoms with van der Waals surface area (Å²) in [6.45, 7) is 16.5. The predicted molar refractivity (Wildman–Crippen MR) is 201 cm³/mol. The number of unbranched alkanes of at least 4 members (excludes halogenated alkanes) is 4. The molecular formula is C41H62O11Si. The summed E-state index contributed by atoms with van der Waals surface area (Å²) in [5.74, 6) is -1.38. The molecule has 3 aliphatic rings. The Bertz CT molecular complexity index is 1400. The maximum absolute atomic E-state index is 13.7. The van der Waals surface area contributed by atoms with E-state index in [0.29, 0.717) is 6.42 Å². The molecule has 5 rings (SSSR count). The first-order valence-electron chi connectivity index (χ1n) is 19.3. The molecule has 3 fully saturated rings. The van der Waals surface area contributed by atoms with Gasteiger partial charge in [-0.15, -0.1) is 0 Å². The number of hydrogen-bond acceptors (Lipinski definition) is 11. The van der Waals surface area contributed by atoms with Crippen molar-refractivity contribution >= 4 is 14.3 Å². The van der Waals surface area contributed by atoms with Crippen LogP contribution in [0.3, 0.4) is 0 Å². The number of carbonyl (C=O) groups excluding carboxylic acids is 1. The Morgan fingerprint density at radius 1 is 0.943 bits per heavy atom. The Labute approximate surface area is 317 Å². The minimum atomic E-state index is -2.54. The largest absolute Gasteiger partial charge is 0.454 e. The van der Waals surface area contributed by atoms with Crippen molar-refractivity contribution in [2.45, 2.75) is 166 Å². The van der Waals surface area contributed by atoms with E-state index in [1.807, 2.05) is 60.7 Å². The quantitative estimate of drug-likeness (QED) is 0.0745. The van der Waals surface area contributed by atoms with Crippen molar-refractivity contribution < 1.29 is 52.2 Å². The van der Waals surface area contributed by atoms with Crippen LogP contribution in [0.1, 0.15) is 97.5 Å². The van der Waals surface area contributed by atoms with Crippen molar-refractivity contribution in [3.05, 3.63) is 71.8 Å². The van der Waals surface area contributed by atoms with Crippen molar-refractivity contribution in [1.82, 2.24) is 0 Å². The second kappa shape index (κ2) is 18.6. The van der Waals surface area contributed by atoms with E-state index in [1.54, 1.807) is 13.8 Å². The smallest absolute Gasteiger partial charge is 0.306 e. The number of aliphatic hydroxyl groups is 1. The molecule has 3 heterocycles. The summed E-state index contributed by atoms with van der Waals surface area (Å²) in [6, 6.07) is 19.5. The zero-order chi connectivity index (χ0) is 38.2. The van der Waals surface area contributed by atoms with Gasteiger partial charge in [0.2, 0.25) is 6.29 Å². The van der Waals surface area contributed by atoms with E-state index in [0.717, 1.165) is 36.8 Å². The highest BCUT2D eigenvalue weighted by atomic mass is 28.4. The number of rotatable bonds is 17. The van der Waals surface area contributed by atoms with E-state index in [2.05, 4.69) is 40.8 Å². The van der Waals surface area contributed by atoms with Gasteiger partial charge in [-0.05, 0) is 44.0 Å². The number of benzene rings is 2. The maximum Gasteiger partial charge on any atom is 0.306 e. The SMILES string of the molecule is CCCCCCCC(=O)O[C@@H]1[C@H](OC(O[Si](C)(C)C(C)(C)C)[C@H]2OC(C)(C)O[C@H]2CO)O[C@@H]2COC(c3ccccc3)O[C@H]2[C@@H]1OCc1ccccc1. The van der Waals surface area contributed by atoms with E-state index in [9.17, 15) is 9.90 Å². The summed E-state index contributed by atoms with van der Waals surface area (Å²) < 4.78 is 58.8. The number of fused-ring (bicyclic) bond motifs is 1. The lowest BCUT2D eigenvalue weighted by atomic mass is 9.97. The summed E-state index contributed by atoms with van der Waals surface area (Å²) >= 11 is 0. The molecule has 9 atom stereocenters. The summed E-state index contributed by atoms with van der Waals surface area (Å²) in [4.78, 5) is 13.7. The van der Waals surface area contributed by atoms with E-state index in [-0.39, 0.29) is 37.2 Å². The third-order valence-corrected chi connectivity index (χ3v) is 15.0. The fraction of sp³-hybridized carbons (Fsp3) is 0.683. The van der Waals surface area contributed by atoms with Crippen LogP contribution in [0.15, 0.2) is 60.7 Å². The molecule has 2 aromatic carbocycles. The lowest BCUT2D eigenvalue weighted by molar-refractivity contribution is -0.385. The Balaban J connectivity index is 1.50. The fourth-order valence-electron chi connectivity index (χ4n) is 6.61. The minimum absolute atomic E-state index is 0.177. The van der Waals surface area contributed by atoms with Crippen LogP contribution >= 0.6 is 0 Å². The van der Waals surface area contributed by atoms with Gasteiger partial charge in [-0.1, -0.05) is 114 Å². The molecule has 3 aliphatic heterocycles. The Kier molecular flexibility index (Phi) is 14.7. The molecule has 0 aliphatic carbocycles. The van der Waals surface area contributed by atoms with Crippen LogP contribution < -0.4 is 0 Å². The van der Waals surface area contributed by atoms with E-state index < -0.39 is 69.6 Å². The Morgan fingerprint density at radius 2 is 1.62 bits per heavy atom. The normalized spacial score (nSPS) is 29.4. The third-order valence-electron chi connectivity index (χ3n) is 10.5. The molecule has 12 heteroatoms. The van der Waals surface area contributed by atoms with Crippen LogP contribution in [0.25, 0.3) is 0 Å². The van der Waals surface area contributed by atoms with Crippen molar-refractivity contribution in [3.8, 4) is 0 Å². The van der Waals surface area contributed by atoms with Gasteiger partial charge in [0.15, 0.2) is 32.8 Å². The third kappa shape index (κ3) is 11.2. The second-order valence-electron chi connectivity index (χ2n) is 16.3. The fourth-order valence-corrected chi connectivity index (χ4v) is 7.73. The monoisotopic (exact) mass is 758 g/mol. The summed E-state index contributed by atoms with van der Waals surface area (Å²) in [5.41, 5.74) is 1.80. The van der Waals surface area contributed by atoms with E-state index in [1.165, 1.54) is 0 Å². The van der Waals surface area contributed by atoms with Crippen LogP contribution in [0.2, 0.25) is 18.1 Å². The van der Waals surface area contributed by atoms with Gasteiger partial charge in [0.1, 0.15) is 30.5 Å². The highest BCUT2D eigenvalue weighted by molar-refractivity contribution is 6.74. The van der Waals surface area contributed by atoms with Crippen molar-refractivity contribution in [2.24, 2.45) is 0 Å². The molecule has 3 saturated heterocycles. The van der Waals surface area contributed by atoms with Crippen LogP contribution in [0.4, 0.5) is 0 Å². The van der Waals surface area contributed by atoms with Gasteiger partial charge in [-0.2, -0.15) is 0 Å². The topological polar surface area (TPSA) is 120 Å². The van der Waals surface area contributed by atoms with Gasteiger partial charge < -0.3 is 47.4 Å². The first kappa shape index (κ1) is 41.9. The molecule has 11 nitrogen and oxygen atoms in total. The van der Waals surface area contributed by atoms with Crippen molar-refractivity contribution in [1.29, 1.82) is 0 Å². The molecule has 0 amide bonds. The number of hydrogen-bond donors (Lipinski definition) is 1. The number of esters is 1. The zero-order valence-corrected chi connectivity index (χ0v) is 33.9. The molecule has 0 spiro atoms. The summed E-state index contributed by atoms with van der Waals surface area (Å²) in [5, 5.41) is 10.2. The van der Waals surface area contributed by atoms with Gasteiger partial charge in [-0.25, -0.2) is 0 Å². The molecule has 296 valence electrons. The molecular weight excluding hydrogens is 697 g/mol. The predicted octanol–water partition coefficient (Wildman–Crippen LogP) is 7.56. The lowest BCUT2D eigenvalue weighted by Crippen LogP contribution is -2.65. The molecule has 0 radical (unpaired) electrons. The van der Waals surface area contributed by atoms with Crippen molar-refractivity contribution in [2.75, 3.05) is 13.2 Å².